The lowest BCUT2D eigenvalue weighted by molar-refractivity contribution is 0.0697. The lowest BCUT2D eigenvalue weighted by Gasteiger charge is -2.12. The standard InChI is InChI=1S/C18H15FN2O5.C8H11NO/c1-20-14-5-4-11(17(23)24)8-12(14)16(22)21(18(20)25)9-10-3-6-15(26-2)13(19)7-10;1-10-8-4-2-7(6-9)3-5-8/h3-8H,9H2,1-2H3,(H,23,24);2-5H,6,9H2,1H3. The Morgan fingerprint density at radius 3 is 2.19 bits per heavy atom. The van der Waals surface area contributed by atoms with E-state index in [9.17, 15) is 18.8 Å². The van der Waals surface area contributed by atoms with Gasteiger partial charge >= 0.3 is 11.7 Å². The number of carboxylic acids is 1. The fourth-order valence-electron chi connectivity index (χ4n) is 3.54. The zero-order valence-electron chi connectivity index (χ0n) is 20.0. The summed E-state index contributed by atoms with van der Waals surface area (Å²) in [6.45, 7) is 0.434. The second-order valence-electron chi connectivity index (χ2n) is 7.79. The third-order valence-corrected chi connectivity index (χ3v) is 5.55. The molecule has 0 bridgehead atoms. The number of hydrogen-bond donors (Lipinski definition) is 2. The van der Waals surface area contributed by atoms with Gasteiger partial charge in [-0.25, -0.2) is 14.0 Å². The number of methoxy groups -OCH3 is 2. The predicted octanol–water partition coefficient (Wildman–Crippen LogP) is 2.75. The SMILES string of the molecule is COc1ccc(CN)cc1.COc1ccc(Cn2c(=O)c3cc(C(=O)O)ccc3n(C)c2=O)cc1F. The maximum absolute atomic E-state index is 13.9. The number of hydrogen-bond acceptors (Lipinski definition) is 6. The molecule has 3 aromatic carbocycles. The van der Waals surface area contributed by atoms with Gasteiger partial charge in [-0.15, -0.1) is 0 Å². The van der Waals surface area contributed by atoms with Gasteiger partial charge in [-0.1, -0.05) is 18.2 Å². The molecule has 9 nitrogen and oxygen atoms in total. The van der Waals surface area contributed by atoms with Gasteiger partial charge in [0.2, 0.25) is 0 Å². The summed E-state index contributed by atoms with van der Waals surface area (Å²) >= 11 is 0. The van der Waals surface area contributed by atoms with E-state index in [-0.39, 0.29) is 23.2 Å². The molecule has 0 aliphatic heterocycles. The summed E-state index contributed by atoms with van der Waals surface area (Å²) in [5.74, 6) is -0.858. The molecule has 3 N–H and O–H groups in total. The molecule has 1 aromatic heterocycles. The molecule has 0 saturated carbocycles. The molecule has 1 heterocycles. The van der Waals surface area contributed by atoms with Crippen LogP contribution in [0.2, 0.25) is 0 Å². The third-order valence-electron chi connectivity index (χ3n) is 5.55. The van der Waals surface area contributed by atoms with Crippen LogP contribution in [-0.4, -0.2) is 34.4 Å². The summed E-state index contributed by atoms with van der Waals surface area (Å²) in [7, 11) is 4.47. The lowest BCUT2D eigenvalue weighted by Crippen LogP contribution is -2.39. The Kier molecular flexibility index (Phi) is 8.23. The average molecular weight is 496 g/mol. The van der Waals surface area contributed by atoms with Crippen molar-refractivity contribution in [3.05, 3.63) is 104 Å². The van der Waals surface area contributed by atoms with E-state index in [1.165, 1.54) is 49.1 Å². The van der Waals surface area contributed by atoms with E-state index in [1.54, 1.807) is 13.2 Å². The van der Waals surface area contributed by atoms with Crippen molar-refractivity contribution in [1.82, 2.24) is 9.13 Å². The number of benzene rings is 3. The average Bonchev–Trinajstić information content (AvgIpc) is 2.90. The van der Waals surface area contributed by atoms with Crippen LogP contribution in [0.4, 0.5) is 4.39 Å². The maximum atomic E-state index is 13.9. The van der Waals surface area contributed by atoms with Crippen LogP contribution in [0.1, 0.15) is 21.5 Å². The number of fused-ring (bicyclic) bond motifs is 1. The molecular formula is C26H26FN3O6. The molecule has 0 atom stereocenters. The van der Waals surface area contributed by atoms with Crippen molar-refractivity contribution in [3.63, 3.8) is 0 Å². The van der Waals surface area contributed by atoms with Crippen LogP contribution >= 0.6 is 0 Å². The second kappa shape index (κ2) is 11.3. The minimum absolute atomic E-state index is 0.0543. The molecule has 10 heteroatoms. The molecule has 0 fully saturated rings. The molecule has 0 unspecified atom stereocenters. The summed E-state index contributed by atoms with van der Waals surface area (Å²) in [6.07, 6.45) is 0. The monoisotopic (exact) mass is 495 g/mol. The smallest absolute Gasteiger partial charge is 0.335 e. The minimum Gasteiger partial charge on any atom is -0.497 e. The fourth-order valence-corrected chi connectivity index (χ4v) is 3.54. The number of carboxylic acid groups (broad SMARTS) is 1. The number of rotatable bonds is 6. The van der Waals surface area contributed by atoms with Gasteiger partial charge in [0.15, 0.2) is 11.6 Å². The Balaban J connectivity index is 0.000000303. The largest absolute Gasteiger partial charge is 0.497 e. The van der Waals surface area contributed by atoms with Gasteiger partial charge in [-0.2, -0.15) is 0 Å². The van der Waals surface area contributed by atoms with Gasteiger partial charge in [0.1, 0.15) is 5.75 Å². The first-order valence-corrected chi connectivity index (χ1v) is 10.8. The minimum atomic E-state index is -1.18. The van der Waals surface area contributed by atoms with E-state index in [4.69, 9.17) is 20.3 Å². The van der Waals surface area contributed by atoms with Gasteiger partial charge in [-0.3, -0.25) is 13.9 Å². The number of nitrogens with two attached hydrogens (primary N) is 1. The summed E-state index contributed by atoms with van der Waals surface area (Å²) < 4.78 is 25.9. The van der Waals surface area contributed by atoms with Crippen LogP contribution in [0.3, 0.4) is 0 Å². The van der Waals surface area contributed by atoms with Crippen molar-refractivity contribution in [2.75, 3.05) is 14.2 Å². The number of halogens is 1. The molecule has 0 saturated heterocycles. The quantitative estimate of drug-likeness (QED) is 0.421. The van der Waals surface area contributed by atoms with E-state index < -0.39 is 23.0 Å². The van der Waals surface area contributed by atoms with Crippen molar-refractivity contribution >= 4 is 16.9 Å². The predicted molar refractivity (Wildman–Crippen MR) is 133 cm³/mol. The third kappa shape index (κ3) is 5.61. The van der Waals surface area contributed by atoms with Crippen LogP contribution in [-0.2, 0) is 20.1 Å². The van der Waals surface area contributed by atoms with Crippen molar-refractivity contribution in [1.29, 1.82) is 0 Å². The summed E-state index contributed by atoms with van der Waals surface area (Å²) in [4.78, 5) is 36.4. The Morgan fingerprint density at radius 2 is 1.64 bits per heavy atom. The number of ether oxygens (including phenoxy) is 2. The number of aromatic nitrogens is 2. The van der Waals surface area contributed by atoms with Crippen LogP contribution in [0.5, 0.6) is 11.5 Å². The molecular weight excluding hydrogens is 469 g/mol. The molecule has 0 radical (unpaired) electrons. The van der Waals surface area contributed by atoms with Gasteiger partial charge in [0.05, 0.1) is 37.2 Å². The molecule has 4 rings (SSSR count). The number of aryl methyl sites for hydroxylation is 1. The maximum Gasteiger partial charge on any atom is 0.335 e. The molecule has 4 aromatic rings. The highest BCUT2D eigenvalue weighted by Crippen LogP contribution is 2.18. The van der Waals surface area contributed by atoms with Crippen molar-refractivity contribution in [2.24, 2.45) is 12.8 Å². The normalized spacial score (nSPS) is 10.5. The van der Waals surface area contributed by atoms with Crippen molar-refractivity contribution in [2.45, 2.75) is 13.1 Å². The van der Waals surface area contributed by atoms with Gasteiger partial charge in [0.25, 0.3) is 5.56 Å². The fraction of sp³-hybridized carbons (Fsp3) is 0.192. The van der Waals surface area contributed by atoms with Crippen molar-refractivity contribution < 1.29 is 23.8 Å². The first-order valence-electron chi connectivity index (χ1n) is 10.8. The van der Waals surface area contributed by atoms with Crippen LogP contribution in [0, 0.1) is 5.82 Å². The summed E-state index contributed by atoms with van der Waals surface area (Å²) in [6, 6.07) is 15.8. The van der Waals surface area contributed by atoms with Gasteiger partial charge in [0, 0.05) is 13.6 Å². The number of nitrogens with zero attached hydrogens (tertiary/aromatic N) is 2. The van der Waals surface area contributed by atoms with E-state index in [0.717, 1.165) is 15.9 Å². The Bertz CT molecular complexity index is 1490. The highest BCUT2D eigenvalue weighted by Gasteiger charge is 2.14. The first-order chi connectivity index (χ1) is 17.2. The van der Waals surface area contributed by atoms with E-state index >= 15 is 0 Å². The van der Waals surface area contributed by atoms with Crippen LogP contribution in [0.25, 0.3) is 10.9 Å². The molecule has 0 aliphatic carbocycles. The number of carbonyl (C=O) groups is 1. The summed E-state index contributed by atoms with van der Waals surface area (Å²) in [5.41, 5.74) is 5.97. The Hall–Kier alpha value is -4.44. The Morgan fingerprint density at radius 1 is 0.972 bits per heavy atom. The molecule has 188 valence electrons. The molecule has 0 aliphatic rings. The highest BCUT2D eigenvalue weighted by molar-refractivity contribution is 5.93. The van der Waals surface area contributed by atoms with Crippen LogP contribution in [0.15, 0.2) is 70.3 Å². The van der Waals surface area contributed by atoms with Gasteiger partial charge in [-0.05, 0) is 53.6 Å². The van der Waals surface area contributed by atoms with E-state index in [1.807, 2.05) is 24.3 Å². The van der Waals surface area contributed by atoms with E-state index in [0.29, 0.717) is 17.6 Å². The molecule has 0 amide bonds. The number of aromatic carboxylic acids is 1. The summed E-state index contributed by atoms with van der Waals surface area (Å²) in [5, 5.41) is 9.21. The zero-order chi connectivity index (χ0) is 26.4. The second-order valence-corrected chi connectivity index (χ2v) is 7.79. The van der Waals surface area contributed by atoms with Crippen molar-refractivity contribution in [3.8, 4) is 11.5 Å². The topological polar surface area (TPSA) is 126 Å². The highest BCUT2D eigenvalue weighted by atomic mass is 19.1. The zero-order valence-corrected chi connectivity index (χ0v) is 20.0. The van der Waals surface area contributed by atoms with Crippen LogP contribution < -0.4 is 26.5 Å². The lowest BCUT2D eigenvalue weighted by atomic mass is 10.1. The molecule has 36 heavy (non-hydrogen) atoms. The van der Waals surface area contributed by atoms with Gasteiger partial charge < -0.3 is 20.3 Å². The Labute approximate surface area is 205 Å². The first kappa shape index (κ1) is 26.2. The molecule has 0 spiro atoms. The van der Waals surface area contributed by atoms with E-state index in [2.05, 4.69) is 0 Å².